The van der Waals surface area contributed by atoms with Crippen molar-refractivity contribution in [3.8, 4) is 34.5 Å². The van der Waals surface area contributed by atoms with Gasteiger partial charge in [0, 0.05) is 61.6 Å². The van der Waals surface area contributed by atoms with Crippen molar-refractivity contribution in [3.05, 3.63) is 111 Å². The molecule has 2 atom stereocenters. The van der Waals surface area contributed by atoms with Crippen molar-refractivity contribution in [1.82, 2.24) is 9.80 Å². The average Bonchev–Trinajstić information content (AvgIpc) is 3.20. The first-order valence-electron chi connectivity index (χ1n) is 18.5. The maximum absolute atomic E-state index is 9.42. The number of rotatable bonds is 9. The largest absolute Gasteiger partial charge is 0.496 e. The van der Waals surface area contributed by atoms with Gasteiger partial charge in [0.2, 0.25) is 0 Å². The Kier molecular flexibility index (Phi) is 10.9. The molecule has 9 nitrogen and oxygen atoms in total. The molecule has 53 heavy (non-hydrogen) atoms. The summed E-state index contributed by atoms with van der Waals surface area (Å²) in [5, 5.41) is 9.42. The molecule has 4 aromatic rings. The van der Waals surface area contributed by atoms with Crippen LogP contribution in [0.3, 0.4) is 0 Å². The molecule has 0 aliphatic carbocycles. The van der Waals surface area contributed by atoms with Crippen LogP contribution in [0, 0.1) is 0 Å². The van der Waals surface area contributed by atoms with E-state index in [2.05, 4.69) is 52.8 Å². The Morgan fingerprint density at radius 1 is 0.623 bits per heavy atom. The van der Waals surface area contributed by atoms with Gasteiger partial charge in [-0.1, -0.05) is 30.9 Å². The van der Waals surface area contributed by atoms with Gasteiger partial charge in [0.15, 0.2) is 23.0 Å². The molecule has 0 radical (unpaired) electrons. The maximum Gasteiger partial charge on any atom is 0.165 e. The van der Waals surface area contributed by atoms with Crippen LogP contribution in [0.4, 0.5) is 0 Å². The van der Waals surface area contributed by atoms with E-state index in [0.717, 1.165) is 97.5 Å². The van der Waals surface area contributed by atoms with Gasteiger partial charge in [-0.15, -0.1) is 0 Å². The molecular formula is C44H52N2O7. The smallest absolute Gasteiger partial charge is 0.165 e. The highest BCUT2D eigenvalue weighted by atomic mass is 16.5. The molecule has 1 N–H and O–H groups in total. The minimum atomic E-state index is 0.128. The van der Waals surface area contributed by atoms with Crippen LogP contribution in [0.1, 0.15) is 67.7 Å². The van der Waals surface area contributed by atoms with Crippen LogP contribution >= 0.6 is 0 Å². The lowest BCUT2D eigenvalue weighted by Gasteiger charge is -2.42. The van der Waals surface area contributed by atoms with Gasteiger partial charge < -0.3 is 33.5 Å². The number of ether oxygens (including phenoxy) is 6. The number of benzene rings is 4. The van der Waals surface area contributed by atoms with Crippen molar-refractivity contribution in [1.29, 1.82) is 0 Å². The zero-order valence-corrected chi connectivity index (χ0v) is 31.9. The molecule has 4 aliphatic rings. The molecule has 0 amide bonds. The van der Waals surface area contributed by atoms with Gasteiger partial charge in [0.05, 0.1) is 42.7 Å². The van der Waals surface area contributed by atoms with Gasteiger partial charge in [-0.25, -0.2) is 0 Å². The predicted octanol–water partition coefficient (Wildman–Crippen LogP) is 6.91. The third-order valence-corrected chi connectivity index (χ3v) is 11.6. The molecule has 0 spiro atoms. The van der Waals surface area contributed by atoms with Crippen molar-refractivity contribution in [3.63, 3.8) is 0 Å². The van der Waals surface area contributed by atoms with E-state index in [-0.39, 0.29) is 6.61 Å². The summed E-state index contributed by atoms with van der Waals surface area (Å²) in [5.41, 5.74) is 12.8. The fraction of sp³-hybridized carbons (Fsp3) is 0.409. The number of methoxy groups -OCH3 is 6. The summed E-state index contributed by atoms with van der Waals surface area (Å²) in [4.78, 5) is 5.08. The van der Waals surface area contributed by atoms with E-state index in [1.54, 1.807) is 42.7 Å². The van der Waals surface area contributed by atoms with Crippen LogP contribution in [0.15, 0.2) is 55.1 Å². The number of aliphatic hydroxyl groups excluding tert-OH is 1. The number of hydrogen-bond acceptors (Lipinski definition) is 9. The van der Waals surface area contributed by atoms with E-state index < -0.39 is 0 Å². The van der Waals surface area contributed by atoms with Crippen molar-refractivity contribution < 1.29 is 33.5 Å². The number of nitrogens with zero attached hydrogens (tertiary/aromatic N) is 2. The molecule has 4 heterocycles. The average molecular weight is 721 g/mol. The van der Waals surface area contributed by atoms with Crippen molar-refractivity contribution in [2.75, 3.05) is 62.4 Å². The van der Waals surface area contributed by atoms with E-state index in [1.807, 2.05) is 18.2 Å². The minimum absolute atomic E-state index is 0.128. The molecule has 0 saturated heterocycles. The lowest BCUT2D eigenvalue weighted by molar-refractivity contribution is 0.157. The van der Waals surface area contributed by atoms with Crippen molar-refractivity contribution in [2.24, 2.45) is 0 Å². The van der Waals surface area contributed by atoms with E-state index >= 15 is 0 Å². The third kappa shape index (κ3) is 6.71. The summed E-state index contributed by atoms with van der Waals surface area (Å²) in [5.74, 6) is 5.13. The summed E-state index contributed by atoms with van der Waals surface area (Å²) in [6, 6.07) is 18.0. The monoisotopic (exact) mass is 720 g/mol. The summed E-state index contributed by atoms with van der Waals surface area (Å²) >= 11 is 0. The molecule has 8 rings (SSSR count). The van der Waals surface area contributed by atoms with Crippen LogP contribution in [0.5, 0.6) is 34.5 Å². The first-order valence-corrected chi connectivity index (χ1v) is 18.5. The molecule has 0 saturated carbocycles. The summed E-state index contributed by atoms with van der Waals surface area (Å²) in [7, 11) is 10.2. The highest BCUT2D eigenvalue weighted by Crippen LogP contribution is 2.46. The zero-order chi connectivity index (χ0) is 37.2. The zero-order valence-electron chi connectivity index (χ0n) is 31.9. The molecule has 0 bridgehead atoms. The standard InChI is InChI=1S/C22H27NO4.C22H25NO3/c1-25-20-5-4-14-11-19-17-10-16(7-9-24)21(26-2)12-15(17)6-8-23(19)13-18(14)22(20)27-3;1-5-14-10-17-16(12-21(14)25-3)8-9-23-13-18-15(11-19(17)23)6-7-20(24-2)22(18)26-4/h4-5,10,12,19,24H,6-9,11,13H2,1-3H3;5-7,10,12,19H,1,8-9,11,13H2,2-4H3/t2*19-/m00/s1. The van der Waals surface area contributed by atoms with E-state index in [4.69, 9.17) is 28.4 Å². The van der Waals surface area contributed by atoms with Crippen LogP contribution in [-0.4, -0.2) is 77.3 Å². The fourth-order valence-electron chi connectivity index (χ4n) is 8.94. The topological polar surface area (TPSA) is 82.1 Å². The predicted molar refractivity (Wildman–Crippen MR) is 207 cm³/mol. The SMILES string of the molecule is C=Cc1cc2c(cc1OC)CCN1Cc3c(ccc(OC)c3OC)C[C@@H]21.COc1cc2c(cc1CCO)[C@@H]1Cc3ccc(OC)c(OC)c3CN1CC2. The first-order chi connectivity index (χ1) is 25.9. The van der Waals surface area contributed by atoms with Gasteiger partial charge in [-0.2, -0.15) is 0 Å². The van der Waals surface area contributed by atoms with E-state index in [9.17, 15) is 5.11 Å². The van der Waals surface area contributed by atoms with Crippen LogP contribution in [0.25, 0.3) is 6.08 Å². The summed E-state index contributed by atoms with van der Waals surface area (Å²) in [6.07, 6.45) is 6.46. The Labute approximate surface area is 313 Å². The quantitative estimate of drug-likeness (QED) is 0.198. The third-order valence-electron chi connectivity index (χ3n) is 11.6. The van der Waals surface area contributed by atoms with Crippen LogP contribution in [-0.2, 0) is 45.2 Å². The molecule has 9 heteroatoms. The normalized spacial score (nSPS) is 18.3. The van der Waals surface area contributed by atoms with E-state index in [1.165, 1.54) is 44.5 Å². The Morgan fingerprint density at radius 2 is 1.11 bits per heavy atom. The Morgan fingerprint density at radius 3 is 1.57 bits per heavy atom. The van der Waals surface area contributed by atoms with Gasteiger partial charge in [-0.05, 0) is 101 Å². The molecule has 4 aromatic carbocycles. The lowest BCUT2D eigenvalue weighted by atomic mass is 9.82. The van der Waals surface area contributed by atoms with Gasteiger partial charge in [0.1, 0.15) is 11.5 Å². The van der Waals surface area contributed by atoms with E-state index in [0.29, 0.717) is 18.5 Å². The van der Waals surface area contributed by atoms with Gasteiger partial charge in [0.25, 0.3) is 0 Å². The van der Waals surface area contributed by atoms with Crippen molar-refractivity contribution in [2.45, 2.75) is 57.3 Å². The highest BCUT2D eigenvalue weighted by Gasteiger charge is 2.36. The number of fused-ring (bicyclic) bond motifs is 8. The highest BCUT2D eigenvalue weighted by molar-refractivity contribution is 5.61. The number of hydrogen-bond donors (Lipinski definition) is 1. The molecular weight excluding hydrogens is 668 g/mol. The molecule has 0 unspecified atom stereocenters. The second kappa shape index (κ2) is 15.7. The maximum atomic E-state index is 9.42. The minimum Gasteiger partial charge on any atom is -0.496 e. The molecule has 0 fully saturated rings. The number of aliphatic hydroxyl groups is 1. The molecule has 4 aliphatic heterocycles. The Balaban J connectivity index is 0.000000164. The van der Waals surface area contributed by atoms with Gasteiger partial charge >= 0.3 is 0 Å². The first kappa shape index (κ1) is 36.6. The second-order valence-corrected chi connectivity index (χ2v) is 14.1. The van der Waals surface area contributed by atoms with Crippen molar-refractivity contribution >= 4 is 6.08 Å². The molecule has 0 aromatic heterocycles. The van der Waals surface area contributed by atoms with Crippen LogP contribution < -0.4 is 28.4 Å². The summed E-state index contributed by atoms with van der Waals surface area (Å²) < 4.78 is 33.4. The second-order valence-electron chi connectivity index (χ2n) is 14.1. The lowest BCUT2D eigenvalue weighted by Crippen LogP contribution is -2.39. The Hall–Kier alpha value is -4.70. The van der Waals surface area contributed by atoms with Crippen LogP contribution in [0.2, 0.25) is 0 Å². The fourth-order valence-corrected chi connectivity index (χ4v) is 8.94. The molecule has 280 valence electrons. The Bertz CT molecular complexity index is 1990. The van der Waals surface area contributed by atoms with Gasteiger partial charge in [-0.3, -0.25) is 9.80 Å². The summed E-state index contributed by atoms with van der Waals surface area (Å²) in [6.45, 7) is 7.87.